The summed E-state index contributed by atoms with van der Waals surface area (Å²) in [6.45, 7) is 1.59. The first-order chi connectivity index (χ1) is 7.77. The molecule has 0 amide bonds. The first-order valence-electron chi connectivity index (χ1n) is 5.04. The van der Waals surface area contributed by atoms with Crippen molar-refractivity contribution in [2.24, 2.45) is 0 Å². The van der Waals surface area contributed by atoms with Gasteiger partial charge in [0.2, 0.25) is 0 Å². The first kappa shape index (κ1) is 11.5. The first-order valence-corrected chi connectivity index (χ1v) is 5.80. The van der Waals surface area contributed by atoms with E-state index in [1.54, 1.807) is 12.3 Å². The highest BCUT2D eigenvalue weighted by Gasteiger charge is 2.06. The lowest BCUT2D eigenvalue weighted by molar-refractivity contribution is -0.687. The summed E-state index contributed by atoms with van der Waals surface area (Å²) in [4.78, 5) is 0. The van der Waals surface area contributed by atoms with Crippen LogP contribution in [0.4, 0.5) is 0 Å². The van der Waals surface area contributed by atoms with Gasteiger partial charge < -0.3 is 9.73 Å². The lowest BCUT2D eigenvalue weighted by Crippen LogP contribution is -2.80. The minimum absolute atomic E-state index is 0.602. The summed E-state index contributed by atoms with van der Waals surface area (Å²) in [6.07, 6.45) is 1.68. The Hall–Kier alpha value is -0.960. The second kappa shape index (κ2) is 5.39. The van der Waals surface area contributed by atoms with E-state index < -0.39 is 0 Å². The molecule has 16 heavy (non-hydrogen) atoms. The third-order valence-electron chi connectivity index (χ3n) is 2.32. The molecule has 0 spiro atoms. The second-order valence-corrected chi connectivity index (χ2v) is 4.27. The van der Waals surface area contributed by atoms with E-state index in [4.69, 9.17) is 27.6 Å². The van der Waals surface area contributed by atoms with Crippen molar-refractivity contribution in [3.8, 4) is 0 Å². The van der Waals surface area contributed by atoms with Gasteiger partial charge in [-0.15, -0.1) is 0 Å². The Labute approximate surface area is 104 Å². The Morgan fingerprint density at radius 2 is 1.94 bits per heavy atom. The van der Waals surface area contributed by atoms with Gasteiger partial charge in [0.25, 0.3) is 0 Å². The molecule has 0 saturated carbocycles. The van der Waals surface area contributed by atoms with Crippen molar-refractivity contribution in [3.63, 3.8) is 0 Å². The molecule has 2 rings (SSSR count). The van der Waals surface area contributed by atoms with E-state index in [0.29, 0.717) is 10.0 Å². The van der Waals surface area contributed by atoms with Crippen LogP contribution in [-0.4, -0.2) is 0 Å². The fourth-order valence-corrected chi connectivity index (χ4v) is 1.90. The standard InChI is InChI=1S/C12H11Cl2NO/c13-11-5-1-3-9(12(11)14)7-15-8-10-4-2-6-16-10/h1-6,15H,7-8H2/p+1. The number of hydrogen-bond acceptors (Lipinski definition) is 1. The van der Waals surface area contributed by atoms with E-state index in [9.17, 15) is 0 Å². The van der Waals surface area contributed by atoms with Crippen LogP contribution >= 0.6 is 23.2 Å². The van der Waals surface area contributed by atoms with Crippen LogP contribution in [0.15, 0.2) is 41.0 Å². The van der Waals surface area contributed by atoms with E-state index >= 15 is 0 Å². The zero-order chi connectivity index (χ0) is 11.4. The topological polar surface area (TPSA) is 29.8 Å². The Kier molecular flexibility index (Phi) is 3.88. The molecular weight excluding hydrogens is 245 g/mol. The third-order valence-corrected chi connectivity index (χ3v) is 3.18. The van der Waals surface area contributed by atoms with Gasteiger partial charge in [0, 0.05) is 5.56 Å². The van der Waals surface area contributed by atoms with Crippen LogP contribution < -0.4 is 5.32 Å². The lowest BCUT2D eigenvalue weighted by atomic mass is 10.2. The molecule has 0 radical (unpaired) electrons. The Morgan fingerprint density at radius 1 is 1.06 bits per heavy atom. The maximum atomic E-state index is 6.08. The lowest BCUT2D eigenvalue weighted by Gasteiger charge is -2.04. The van der Waals surface area contributed by atoms with Crippen LogP contribution in [0.1, 0.15) is 11.3 Å². The fraction of sp³-hybridized carbons (Fsp3) is 0.167. The van der Waals surface area contributed by atoms with E-state index in [1.807, 2.05) is 24.3 Å². The van der Waals surface area contributed by atoms with Gasteiger partial charge >= 0.3 is 0 Å². The van der Waals surface area contributed by atoms with Gasteiger partial charge in [0.05, 0.1) is 16.3 Å². The summed E-state index contributed by atoms with van der Waals surface area (Å²) >= 11 is 12.0. The molecule has 0 fully saturated rings. The molecule has 1 aromatic carbocycles. The van der Waals surface area contributed by atoms with Crippen LogP contribution in [0.5, 0.6) is 0 Å². The zero-order valence-electron chi connectivity index (χ0n) is 8.62. The van der Waals surface area contributed by atoms with Crippen molar-refractivity contribution in [3.05, 3.63) is 58.0 Å². The highest BCUT2D eigenvalue weighted by molar-refractivity contribution is 6.42. The number of benzene rings is 1. The molecule has 0 aliphatic carbocycles. The number of furan rings is 1. The smallest absolute Gasteiger partial charge is 0.157 e. The van der Waals surface area contributed by atoms with Crippen LogP contribution in [0.2, 0.25) is 10.0 Å². The molecule has 2 N–H and O–H groups in total. The monoisotopic (exact) mass is 256 g/mol. The van der Waals surface area contributed by atoms with Gasteiger partial charge in [0.15, 0.2) is 5.76 Å². The van der Waals surface area contributed by atoms with Crippen molar-refractivity contribution in [2.75, 3.05) is 0 Å². The van der Waals surface area contributed by atoms with Crippen molar-refractivity contribution in [1.29, 1.82) is 0 Å². The molecular formula is C12H12Cl2NO+. The van der Waals surface area contributed by atoms with Crippen LogP contribution in [0.3, 0.4) is 0 Å². The van der Waals surface area contributed by atoms with E-state index in [1.165, 1.54) is 0 Å². The average Bonchev–Trinajstić information content (AvgIpc) is 2.77. The van der Waals surface area contributed by atoms with Gasteiger partial charge in [-0.05, 0) is 18.2 Å². The summed E-state index contributed by atoms with van der Waals surface area (Å²) in [5, 5.41) is 3.36. The zero-order valence-corrected chi connectivity index (χ0v) is 10.1. The molecule has 2 nitrogen and oxygen atoms in total. The molecule has 2 aromatic rings. The number of nitrogens with two attached hydrogens (primary N) is 1. The quantitative estimate of drug-likeness (QED) is 0.896. The van der Waals surface area contributed by atoms with E-state index in [-0.39, 0.29) is 0 Å². The summed E-state index contributed by atoms with van der Waals surface area (Å²) in [5.74, 6) is 0.957. The average molecular weight is 257 g/mol. The molecule has 0 unspecified atom stereocenters. The molecule has 0 aliphatic rings. The van der Waals surface area contributed by atoms with Crippen LogP contribution in [0.25, 0.3) is 0 Å². The predicted molar refractivity (Wildman–Crippen MR) is 64.5 cm³/mol. The SMILES string of the molecule is Clc1cccc(C[NH2+]Cc2ccco2)c1Cl. The Balaban J connectivity index is 1.92. The molecule has 0 bridgehead atoms. The van der Waals surface area contributed by atoms with Crippen molar-refractivity contribution < 1.29 is 9.73 Å². The molecule has 4 heteroatoms. The van der Waals surface area contributed by atoms with Crippen LogP contribution in [0, 0.1) is 0 Å². The molecule has 84 valence electrons. The van der Waals surface area contributed by atoms with Gasteiger partial charge in [-0.2, -0.15) is 0 Å². The minimum atomic E-state index is 0.602. The number of hydrogen-bond donors (Lipinski definition) is 1. The van der Waals surface area contributed by atoms with Gasteiger partial charge in [-0.25, -0.2) is 0 Å². The van der Waals surface area contributed by atoms with Crippen molar-refractivity contribution in [2.45, 2.75) is 13.1 Å². The molecule has 0 atom stereocenters. The summed E-state index contributed by atoms with van der Waals surface area (Å²) < 4.78 is 5.24. The van der Waals surface area contributed by atoms with Crippen molar-refractivity contribution >= 4 is 23.2 Å². The highest BCUT2D eigenvalue weighted by Crippen LogP contribution is 2.24. The maximum Gasteiger partial charge on any atom is 0.157 e. The van der Waals surface area contributed by atoms with Gasteiger partial charge in [-0.1, -0.05) is 35.3 Å². The van der Waals surface area contributed by atoms with Crippen LogP contribution in [-0.2, 0) is 13.1 Å². The molecule has 0 saturated heterocycles. The van der Waals surface area contributed by atoms with E-state index in [0.717, 1.165) is 24.4 Å². The Bertz CT molecular complexity index is 454. The minimum Gasteiger partial charge on any atom is -0.463 e. The number of halogens is 2. The summed E-state index contributed by atoms with van der Waals surface area (Å²) in [5.41, 5.74) is 1.04. The third kappa shape index (κ3) is 2.79. The molecule has 1 heterocycles. The Morgan fingerprint density at radius 3 is 2.69 bits per heavy atom. The second-order valence-electron chi connectivity index (χ2n) is 3.49. The summed E-state index contributed by atoms with van der Waals surface area (Å²) in [7, 11) is 0. The summed E-state index contributed by atoms with van der Waals surface area (Å²) in [6, 6.07) is 9.52. The predicted octanol–water partition coefficient (Wildman–Crippen LogP) is 2.85. The number of rotatable bonds is 4. The van der Waals surface area contributed by atoms with Gasteiger partial charge in [-0.3, -0.25) is 0 Å². The van der Waals surface area contributed by atoms with Gasteiger partial charge in [0.1, 0.15) is 13.1 Å². The normalized spacial score (nSPS) is 10.6. The number of quaternary nitrogens is 1. The van der Waals surface area contributed by atoms with Crippen molar-refractivity contribution in [1.82, 2.24) is 0 Å². The molecule has 0 aliphatic heterocycles. The highest BCUT2D eigenvalue weighted by atomic mass is 35.5. The largest absolute Gasteiger partial charge is 0.463 e. The maximum absolute atomic E-state index is 6.08. The van der Waals surface area contributed by atoms with E-state index in [2.05, 4.69) is 5.32 Å². The fourth-order valence-electron chi connectivity index (χ4n) is 1.50. The molecule has 1 aromatic heterocycles.